The van der Waals surface area contributed by atoms with E-state index in [2.05, 4.69) is 0 Å². The number of anilines is 1. The van der Waals surface area contributed by atoms with E-state index in [0.29, 0.717) is 32.7 Å². The zero-order chi connectivity index (χ0) is 17.7. The largest absolute Gasteiger partial charge is 0.362 e. The number of nitro groups is 1. The highest BCUT2D eigenvalue weighted by Crippen LogP contribution is 2.31. The van der Waals surface area contributed by atoms with Crippen LogP contribution in [0.4, 0.5) is 15.8 Å². The number of piperazine rings is 1. The number of carbonyl (C=O) groups is 1. The summed E-state index contributed by atoms with van der Waals surface area (Å²) in [5, 5.41) is 11.1. The van der Waals surface area contributed by atoms with Gasteiger partial charge in [0.1, 0.15) is 5.69 Å². The number of benzene rings is 1. The molecule has 0 bridgehead atoms. The predicted octanol–water partition coefficient (Wildman–Crippen LogP) is 1.72. The first-order valence-corrected chi connectivity index (χ1v) is 8.15. The van der Waals surface area contributed by atoms with Gasteiger partial charge in [-0.2, -0.15) is 4.39 Å². The molecule has 0 radical (unpaired) electrons. The number of hydrogen-bond acceptors (Lipinski definition) is 5. The smallest absolute Gasteiger partial charge is 0.327 e. The Kier molecular flexibility index (Phi) is 6.08. The molecule has 1 saturated heterocycles. The third-order valence-electron chi connectivity index (χ3n) is 4.37. The number of halogens is 1. The summed E-state index contributed by atoms with van der Waals surface area (Å²) >= 11 is 0. The van der Waals surface area contributed by atoms with Crippen molar-refractivity contribution in [3.63, 3.8) is 0 Å². The van der Waals surface area contributed by atoms with Crippen molar-refractivity contribution in [3.8, 4) is 0 Å². The number of para-hydroxylation sites is 1. The minimum atomic E-state index is -0.836. The van der Waals surface area contributed by atoms with Crippen molar-refractivity contribution < 1.29 is 14.1 Å². The van der Waals surface area contributed by atoms with Gasteiger partial charge in [-0.25, -0.2) is 0 Å². The molecule has 1 fully saturated rings. The molecule has 0 atom stereocenters. The molecule has 0 aromatic heterocycles. The molecule has 24 heavy (non-hydrogen) atoms. The Bertz CT molecular complexity index is 599. The molecule has 1 aliphatic heterocycles. The van der Waals surface area contributed by atoms with Crippen LogP contribution in [-0.4, -0.2) is 66.4 Å². The lowest BCUT2D eigenvalue weighted by atomic mass is 10.2. The van der Waals surface area contributed by atoms with Gasteiger partial charge in [0.05, 0.1) is 11.5 Å². The Morgan fingerprint density at radius 3 is 2.42 bits per heavy atom. The summed E-state index contributed by atoms with van der Waals surface area (Å²) in [5.74, 6) is -0.773. The maximum Gasteiger partial charge on any atom is 0.327 e. The highest BCUT2D eigenvalue weighted by molar-refractivity contribution is 5.78. The molecule has 0 saturated carbocycles. The number of nitro benzene ring substituents is 1. The van der Waals surface area contributed by atoms with Crippen LogP contribution in [0.3, 0.4) is 0 Å². The van der Waals surface area contributed by atoms with E-state index in [1.807, 2.05) is 18.7 Å². The first-order chi connectivity index (χ1) is 11.5. The SMILES string of the molecule is CCN(CC)CC(=O)N1CCN(c2cccc(F)c2[N+](=O)[O-])CC1. The van der Waals surface area contributed by atoms with Gasteiger partial charge in [-0.15, -0.1) is 0 Å². The van der Waals surface area contributed by atoms with E-state index in [1.54, 1.807) is 15.9 Å². The normalized spacial score (nSPS) is 15.0. The van der Waals surface area contributed by atoms with Crippen LogP contribution in [0.25, 0.3) is 0 Å². The van der Waals surface area contributed by atoms with Gasteiger partial charge in [0.25, 0.3) is 0 Å². The van der Waals surface area contributed by atoms with E-state index in [4.69, 9.17) is 0 Å². The molecular formula is C16H23FN4O3. The lowest BCUT2D eigenvalue weighted by molar-refractivity contribution is -0.386. The summed E-state index contributed by atoms with van der Waals surface area (Å²) < 4.78 is 13.7. The van der Waals surface area contributed by atoms with E-state index in [0.717, 1.165) is 19.2 Å². The van der Waals surface area contributed by atoms with Crippen LogP contribution in [0, 0.1) is 15.9 Å². The van der Waals surface area contributed by atoms with Gasteiger partial charge < -0.3 is 9.80 Å². The molecule has 2 rings (SSSR count). The van der Waals surface area contributed by atoms with Crippen molar-refractivity contribution in [2.24, 2.45) is 0 Å². The molecule has 1 aromatic rings. The standard InChI is InChI=1S/C16H23FN4O3/c1-3-18(4-2)12-15(22)20-10-8-19(9-11-20)14-7-5-6-13(17)16(14)21(23)24/h5-7H,3-4,8-12H2,1-2H3. The zero-order valence-corrected chi connectivity index (χ0v) is 14.1. The molecule has 132 valence electrons. The number of likely N-dealkylation sites (N-methyl/N-ethyl adjacent to an activating group) is 1. The predicted molar refractivity (Wildman–Crippen MR) is 89.6 cm³/mol. The second-order valence-corrected chi connectivity index (χ2v) is 5.69. The van der Waals surface area contributed by atoms with Crippen LogP contribution < -0.4 is 4.90 Å². The van der Waals surface area contributed by atoms with Crippen LogP contribution in [0.15, 0.2) is 18.2 Å². The first-order valence-electron chi connectivity index (χ1n) is 8.15. The molecule has 0 aliphatic carbocycles. The topological polar surface area (TPSA) is 69.9 Å². The van der Waals surface area contributed by atoms with Crippen molar-refractivity contribution in [3.05, 3.63) is 34.1 Å². The molecular weight excluding hydrogens is 315 g/mol. The van der Waals surface area contributed by atoms with Crippen molar-refractivity contribution in [2.45, 2.75) is 13.8 Å². The number of carbonyl (C=O) groups excluding carboxylic acids is 1. The maximum atomic E-state index is 13.7. The second-order valence-electron chi connectivity index (χ2n) is 5.69. The Morgan fingerprint density at radius 1 is 1.25 bits per heavy atom. The minimum absolute atomic E-state index is 0.0621. The van der Waals surface area contributed by atoms with E-state index in [1.165, 1.54) is 6.07 Å². The fraction of sp³-hybridized carbons (Fsp3) is 0.562. The van der Waals surface area contributed by atoms with E-state index in [-0.39, 0.29) is 11.6 Å². The summed E-state index contributed by atoms with van der Waals surface area (Å²) in [5.41, 5.74) is -0.226. The van der Waals surface area contributed by atoms with Gasteiger partial charge in [-0.3, -0.25) is 19.8 Å². The van der Waals surface area contributed by atoms with E-state index < -0.39 is 16.4 Å². The quantitative estimate of drug-likeness (QED) is 0.583. The number of rotatable bonds is 6. The average Bonchev–Trinajstić information content (AvgIpc) is 2.59. The molecule has 1 aliphatic rings. The van der Waals surface area contributed by atoms with E-state index >= 15 is 0 Å². The number of amides is 1. The molecule has 1 aromatic carbocycles. The third-order valence-corrected chi connectivity index (χ3v) is 4.37. The lowest BCUT2D eigenvalue weighted by Gasteiger charge is -2.36. The summed E-state index contributed by atoms with van der Waals surface area (Å²) in [6.07, 6.45) is 0. The van der Waals surface area contributed by atoms with E-state index in [9.17, 15) is 19.3 Å². The van der Waals surface area contributed by atoms with Gasteiger partial charge in [0.2, 0.25) is 11.7 Å². The molecule has 0 unspecified atom stereocenters. The summed E-state index contributed by atoms with van der Waals surface area (Å²) in [4.78, 5) is 28.3. The van der Waals surface area contributed by atoms with Crippen molar-refractivity contribution in [1.82, 2.24) is 9.80 Å². The summed E-state index contributed by atoms with van der Waals surface area (Å²) in [7, 11) is 0. The first kappa shape index (κ1) is 18.1. The van der Waals surface area contributed by atoms with Crippen LogP contribution in [0.2, 0.25) is 0 Å². The van der Waals surface area contributed by atoms with Crippen LogP contribution in [0.1, 0.15) is 13.8 Å². The summed E-state index contributed by atoms with van der Waals surface area (Å²) in [6.45, 7) is 7.90. The van der Waals surface area contributed by atoms with Crippen LogP contribution >= 0.6 is 0 Å². The maximum absolute atomic E-state index is 13.7. The van der Waals surface area contributed by atoms with Crippen molar-refractivity contribution in [1.29, 1.82) is 0 Å². The van der Waals surface area contributed by atoms with Crippen molar-refractivity contribution >= 4 is 17.3 Å². The fourth-order valence-electron chi connectivity index (χ4n) is 2.88. The van der Waals surface area contributed by atoms with Gasteiger partial charge in [0.15, 0.2) is 0 Å². The zero-order valence-electron chi connectivity index (χ0n) is 14.1. The number of hydrogen-bond donors (Lipinski definition) is 0. The Morgan fingerprint density at radius 2 is 1.88 bits per heavy atom. The molecule has 1 amide bonds. The third kappa shape index (κ3) is 4.00. The van der Waals surface area contributed by atoms with Gasteiger partial charge in [-0.05, 0) is 25.2 Å². The molecule has 8 heteroatoms. The molecule has 7 nitrogen and oxygen atoms in total. The van der Waals surface area contributed by atoms with Crippen LogP contribution in [0.5, 0.6) is 0 Å². The fourth-order valence-corrected chi connectivity index (χ4v) is 2.88. The summed E-state index contributed by atoms with van der Waals surface area (Å²) in [6, 6.07) is 4.11. The Labute approximate surface area is 140 Å². The van der Waals surface area contributed by atoms with Crippen LogP contribution in [-0.2, 0) is 4.79 Å². The molecule has 1 heterocycles. The highest BCUT2D eigenvalue weighted by atomic mass is 19.1. The number of nitrogens with zero attached hydrogens (tertiary/aromatic N) is 4. The monoisotopic (exact) mass is 338 g/mol. The lowest BCUT2D eigenvalue weighted by Crippen LogP contribution is -2.51. The molecule has 0 spiro atoms. The molecule has 0 N–H and O–H groups in total. The van der Waals surface area contributed by atoms with Crippen molar-refractivity contribution in [2.75, 3.05) is 50.7 Å². The van der Waals surface area contributed by atoms with Gasteiger partial charge in [0, 0.05) is 26.2 Å². The Balaban J connectivity index is 2.02. The van der Waals surface area contributed by atoms with Gasteiger partial charge in [-0.1, -0.05) is 19.9 Å². The highest BCUT2D eigenvalue weighted by Gasteiger charge is 2.28. The van der Waals surface area contributed by atoms with Gasteiger partial charge >= 0.3 is 5.69 Å². The average molecular weight is 338 g/mol. The second kappa shape index (κ2) is 8.05. The minimum Gasteiger partial charge on any atom is -0.362 e. The Hall–Kier alpha value is -2.22.